The molecule has 7 nitrogen and oxygen atoms in total. The van der Waals surface area contributed by atoms with Gasteiger partial charge in [0.1, 0.15) is 0 Å². The molecule has 3 fully saturated rings. The third-order valence-electron chi connectivity index (χ3n) is 5.09. The molecule has 0 aromatic rings. The monoisotopic (exact) mass is 336 g/mol. The minimum absolute atomic E-state index is 0.139. The van der Waals surface area contributed by atoms with E-state index in [4.69, 9.17) is 23.1 Å². The van der Waals surface area contributed by atoms with Gasteiger partial charge in [0.15, 0.2) is 11.6 Å². The maximum atomic E-state index is 11.1. The lowest BCUT2D eigenvalue weighted by Crippen LogP contribution is -2.55. The Kier molecular flexibility index (Phi) is 4.29. The highest BCUT2D eigenvalue weighted by Gasteiger charge is 2.70. The fourth-order valence-electron chi connectivity index (χ4n) is 4.02. The number of hydrogen-bond acceptors (Lipinski definition) is 7. The second-order valence-electron chi connectivity index (χ2n) is 6.36. The molecule has 22 heavy (non-hydrogen) atoms. The Bertz CT molecular complexity index is 479. The average molecular weight is 336 g/mol. The van der Waals surface area contributed by atoms with Crippen LogP contribution in [0, 0.1) is 5.41 Å². The summed E-state index contributed by atoms with van der Waals surface area (Å²) < 4.78 is 50.9. The molecule has 0 unspecified atom stereocenters. The van der Waals surface area contributed by atoms with Crippen LogP contribution in [0.3, 0.4) is 0 Å². The normalized spacial score (nSPS) is 28.8. The summed E-state index contributed by atoms with van der Waals surface area (Å²) in [5, 5.41) is 0. The van der Waals surface area contributed by atoms with Gasteiger partial charge in [-0.05, 0) is 19.8 Å². The molecule has 3 aliphatic rings. The van der Waals surface area contributed by atoms with Crippen molar-refractivity contribution in [1.82, 2.24) is 0 Å². The number of rotatable bonds is 5. The summed E-state index contributed by atoms with van der Waals surface area (Å²) in [5.74, 6) is -1.41. The van der Waals surface area contributed by atoms with E-state index in [2.05, 4.69) is 6.92 Å². The van der Waals surface area contributed by atoms with Crippen molar-refractivity contribution >= 4 is 10.1 Å². The summed E-state index contributed by atoms with van der Waals surface area (Å²) in [4.78, 5) is 0. The first kappa shape index (κ1) is 16.6. The lowest BCUT2D eigenvalue weighted by Gasteiger charge is -2.46. The molecule has 0 bridgehead atoms. The largest absolute Gasteiger partial charge is 0.347 e. The van der Waals surface area contributed by atoms with Crippen LogP contribution in [0.4, 0.5) is 0 Å². The van der Waals surface area contributed by atoms with Crippen LogP contribution in [0.25, 0.3) is 0 Å². The zero-order valence-electron chi connectivity index (χ0n) is 13.1. The molecule has 1 saturated carbocycles. The summed E-state index contributed by atoms with van der Waals surface area (Å²) in [6, 6.07) is 0. The summed E-state index contributed by atoms with van der Waals surface area (Å²) in [7, 11) is -3.42. The van der Waals surface area contributed by atoms with E-state index in [1.54, 1.807) is 0 Å². The molecule has 2 heterocycles. The third kappa shape index (κ3) is 2.59. The minimum atomic E-state index is -3.42. The first-order valence-corrected chi connectivity index (χ1v) is 9.55. The summed E-state index contributed by atoms with van der Waals surface area (Å²) in [6.07, 6.45) is 3.70. The summed E-state index contributed by atoms with van der Waals surface area (Å²) >= 11 is 0. The van der Waals surface area contributed by atoms with Gasteiger partial charge in [0, 0.05) is 12.8 Å². The molecular weight excluding hydrogens is 312 g/mol. The smallest absolute Gasteiger partial charge is 0.264 e. The molecule has 0 N–H and O–H groups in total. The summed E-state index contributed by atoms with van der Waals surface area (Å²) in [5.41, 5.74) is -0.492. The van der Waals surface area contributed by atoms with E-state index in [0.29, 0.717) is 39.3 Å². The predicted molar refractivity (Wildman–Crippen MR) is 76.6 cm³/mol. The topological polar surface area (TPSA) is 80.3 Å². The second kappa shape index (κ2) is 5.68. The highest BCUT2D eigenvalue weighted by molar-refractivity contribution is 7.85. The van der Waals surface area contributed by atoms with E-state index in [9.17, 15) is 8.42 Å². The molecule has 2 spiro atoms. The molecule has 128 valence electrons. The molecular formula is C14H24O7S. The van der Waals surface area contributed by atoms with E-state index >= 15 is 0 Å². The minimum Gasteiger partial charge on any atom is -0.347 e. The average Bonchev–Trinajstić information content (AvgIpc) is 3.14. The van der Waals surface area contributed by atoms with Crippen molar-refractivity contribution in [1.29, 1.82) is 0 Å². The molecule has 0 atom stereocenters. The van der Waals surface area contributed by atoms with Gasteiger partial charge in [-0.2, -0.15) is 8.42 Å². The lowest BCUT2D eigenvalue weighted by molar-refractivity contribution is -0.302. The second-order valence-corrected chi connectivity index (χ2v) is 8.01. The number of hydrogen-bond donors (Lipinski definition) is 0. The van der Waals surface area contributed by atoms with Crippen LogP contribution < -0.4 is 0 Å². The Labute approximate surface area is 131 Å². The zero-order chi connectivity index (χ0) is 15.9. The highest BCUT2D eigenvalue weighted by Crippen LogP contribution is 2.61. The van der Waals surface area contributed by atoms with Crippen LogP contribution in [-0.4, -0.2) is 59.3 Å². The molecule has 0 radical (unpaired) electrons. The van der Waals surface area contributed by atoms with Gasteiger partial charge in [-0.25, -0.2) is 0 Å². The van der Waals surface area contributed by atoms with Gasteiger partial charge in [-0.1, -0.05) is 0 Å². The van der Waals surface area contributed by atoms with Crippen LogP contribution in [0.15, 0.2) is 0 Å². The van der Waals surface area contributed by atoms with Crippen molar-refractivity contribution in [3.05, 3.63) is 0 Å². The molecule has 0 aromatic heterocycles. The van der Waals surface area contributed by atoms with E-state index in [1.807, 2.05) is 0 Å². The van der Waals surface area contributed by atoms with Gasteiger partial charge in [0.2, 0.25) is 0 Å². The Hall–Kier alpha value is -0.250. The zero-order valence-corrected chi connectivity index (χ0v) is 13.9. The van der Waals surface area contributed by atoms with Crippen LogP contribution in [0.5, 0.6) is 0 Å². The van der Waals surface area contributed by atoms with Crippen molar-refractivity contribution < 1.29 is 31.5 Å². The van der Waals surface area contributed by atoms with Gasteiger partial charge < -0.3 is 18.9 Å². The van der Waals surface area contributed by atoms with Crippen LogP contribution in [0.1, 0.15) is 32.6 Å². The van der Waals surface area contributed by atoms with E-state index in [1.165, 1.54) is 0 Å². The van der Waals surface area contributed by atoms with E-state index < -0.39 is 27.1 Å². The number of ether oxygens (including phenoxy) is 4. The Morgan fingerprint density at radius 2 is 1.41 bits per heavy atom. The molecule has 0 amide bonds. The van der Waals surface area contributed by atoms with Crippen LogP contribution in [0.2, 0.25) is 0 Å². The van der Waals surface area contributed by atoms with Gasteiger partial charge in [0.25, 0.3) is 10.1 Å². The highest BCUT2D eigenvalue weighted by atomic mass is 32.2. The van der Waals surface area contributed by atoms with Crippen LogP contribution >= 0.6 is 0 Å². The predicted octanol–water partition coefficient (Wildman–Crippen LogP) is 1.03. The fourth-order valence-corrected chi connectivity index (χ4v) is 4.44. The van der Waals surface area contributed by atoms with Gasteiger partial charge in [-0.15, -0.1) is 0 Å². The maximum absolute atomic E-state index is 11.1. The quantitative estimate of drug-likeness (QED) is 0.548. The molecule has 1 aliphatic carbocycles. The first-order valence-electron chi connectivity index (χ1n) is 7.73. The van der Waals surface area contributed by atoms with Crippen LogP contribution in [-0.2, 0) is 33.2 Å². The van der Waals surface area contributed by atoms with Crippen molar-refractivity contribution in [3.63, 3.8) is 0 Å². The van der Waals surface area contributed by atoms with Crippen molar-refractivity contribution in [3.8, 4) is 0 Å². The molecule has 0 aromatic carbocycles. The standard InChI is InChI=1S/C14H24O7S/c1-12(4-3-7-21-22(2,15)16)13(17-8-9-18-13)5-6-14(12)19-10-11-20-14/h3-11H2,1-2H3. The van der Waals surface area contributed by atoms with Gasteiger partial charge in [-0.3, -0.25) is 4.18 Å². The third-order valence-corrected chi connectivity index (χ3v) is 5.69. The maximum Gasteiger partial charge on any atom is 0.264 e. The van der Waals surface area contributed by atoms with Gasteiger partial charge >= 0.3 is 0 Å². The first-order chi connectivity index (χ1) is 10.3. The van der Waals surface area contributed by atoms with Gasteiger partial charge in [0.05, 0.1) is 44.7 Å². The van der Waals surface area contributed by atoms with Crippen molar-refractivity contribution in [2.75, 3.05) is 39.3 Å². The Morgan fingerprint density at radius 1 is 0.955 bits per heavy atom. The van der Waals surface area contributed by atoms with Crippen molar-refractivity contribution in [2.45, 2.75) is 44.2 Å². The molecule has 2 aliphatic heterocycles. The Morgan fingerprint density at radius 3 is 1.82 bits per heavy atom. The van der Waals surface area contributed by atoms with Crippen molar-refractivity contribution in [2.24, 2.45) is 5.41 Å². The van der Waals surface area contributed by atoms with E-state index in [-0.39, 0.29) is 6.61 Å². The Balaban J connectivity index is 1.75. The molecule has 3 rings (SSSR count). The van der Waals surface area contributed by atoms with E-state index in [0.717, 1.165) is 19.1 Å². The molecule has 2 saturated heterocycles. The molecule has 8 heteroatoms. The SMILES string of the molecule is CC1(CCCOS(C)(=O)=O)C2(CCC13OCCO3)OCCO2. The summed E-state index contributed by atoms with van der Waals surface area (Å²) in [6.45, 7) is 4.44. The fraction of sp³-hybridized carbons (Fsp3) is 1.00. The lowest BCUT2D eigenvalue weighted by atomic mass is 9.75.